The number of carboxylic acids is 1. The number of piperazine rings is 1. The van der Waals surface area contributed by atoms with Crippen LogP contribution in [0.2, 0.25) is 5.02 Å². The summed E-state index contributed by atoms with van der Waals surface area (Å²) in [5.41, 5.74) is 0.770. The summed E-state index contributed by atoms with van der Waals surface area (Å²) in [5, 5.41) is 9.55. The van der Waals surface area contributed by atoms with Crippen LogP contribution in [-0.4, -0.2) is 53.1 Å². The van der Waals surface area contributed by atoms with Crippen molar-refractivity contribution in [3.8, 4) is 0 Å². The van der Waals surface area contributed by atoms with Gasteiger partial charge in [0.2, 0.25) is 0 Å². The van der Waals surface area contributed by atoms with E-state index in [1.165, 1.54) is 12.1 Å². The third kappa shape index (κ3) is 3.69. The Balaban J connectivity index is 1.91. The lowest BCUT2D eigenvalue weighted by Crippen LogP contribution is -2.51. The normalized spacial score (nSPS) is 18.9. The van der Waals surface area contributed by atoms with Crippen LogP contribution in [0.4, 0.5) is 4.39 Å². The SMILES string of the molecule is CC(C(=O)O)N1CCN(Cc2cc(F)ccc2Cl)CC1. The first-order valence-corrected chi connectivity index (χ1v) is 6.98. The van der Waals surface area contributed by atoms with E-state index in [0.717, 1.165) is 18.7 Å². The van der Waals surface area contributed by atoms with Gasteiger partial charge in [0.05, 0.1) is 0 Å². The highest BCUT2D eigenvalue weighted by molar-refractivity contribution is 6.31. The van der Waals surface area contributed by atoms with E-state index in [1.54, 1.807) is 13.0 Å². The van der Waals surface area contributed by atoms with E-state index in [-0.39, 0.29) is 5.82 Å². The molecular formula is C14H18ClFN2O2. The van der Waals surface area contributed by atoms with Crippen molar-refractivity contribution in [3.05, 3.63) is 34.6 Å². The van der Waals surface area contributed by atoms with Crippen LogP contribution < -0.4 is 0 Å². The highest BCUT2D eigenvalue weighted by Crippen LogP contribution is 2.20. The smallest absolute Gasteiger partial charge is 0.320 e. The minimum absolute atomic E-state index is 0.289. The number of aliphatic carboxylic acids is 1. The lowest BCUT2D eigenvalue weighted by molar-refractivity contribution is -0.143. The molecule has 0 aromatic heterocycles. The van der Waals surface area contributed by atoms with Crippen molar-refractivity contribution in [3.63, 3.8) is 0 Å². The highest BCUT2D eigenvalue weighted by Gasteiger charge is 2.25. The van der Waals surface area contributed by atoms with Gasteiger partial charge in [0.1, 0.15) is 11.9 Å². The van der Waals surface area contributed by atoms with Gasteiger partial charge in [0.15, 0.2) is 0 Å². The summed E-state index contributed by atoms with van der Waals surface area (Å²) >= 11 is 6.05. The lowest BCUT2D eigenvalue weighted by Gasteiger charge is -2.36. The van der Waals surface area contributed by atoms with E-state index >= 15 is 0 Å². The zero-order valence-corrected chi connectivity index (χ0v) is 12.1. The molecule has 2 rings (SSSR count). The van der Waals surface area contributed by atoms with Crippen LogP contribution in [0.15, 0.2) is 18.2 Å². The first-order valence-electron chi connectivity index (χ1n) is 6.60. The quantitative estimate of drug-likeness (QED) is 0.924. The molecule has 20 heavy (non-hydrogen) atoms. The van der Waals surface area contributed by atoms with Crippen LogP contribution in [-0.2, 0) is 11.3 Å². The number of hydrogen-bond donors (Lipinski definition) is 1. The van der Waals surface area contributed by atoms with Crippen LogP contribution in [0.5, 0.6) is 0 Å². The van der Waals surface area contributed by atoms with Gasteiger partial charge in [-0.3, -0.25) is 14.6 Å². The molecule has 1 aromatic rings. The molecule has 0 radical (unpaired) electrons. The highest BCUT2D eigenvalue weighted by atomic mass is 35.5. The number of nitrogens with zero attached hydrogens (tertiary/aromatic N) is 2. The topological polar surface area (TPSA) is 43.8 Å². The molecule has 0 amide bonds. The number of halogens is 2. The maximum Gasteiger partial charge on any atom is 0.320 e. The van der Waals surface area contributed by atoms with Crippen molar-refractivity contribution >= 4 is 17.6 Å². The molecule has 110 valence electrons. The molecule has 4 nitrogen and oxygen atoms in total. The van der Waals surface area contributed by atoms with Crippen molar-refractivity contribution in [1.29, 1.82) is 0 Å². The molecular weight excluding hydrogens is 283 g/mol. The van der Waals surface area contributed by atoms with Crippen LogP contribution in [0, 0.1) is 5.82 Å². The lowest BCUT2D eigenvalue weighted by atomic mass is 10.1. The molecule has 1 saturated heterocycles. The summed E-state index contributed by atoms with van der Waals surface area (Å²) in [6, 6.07) is 3.90. The number of carboxylic acid groups (broad SMARTS) is 1. The first-order chi connectivity index (χ1) is 9.47. The van der Waals surface area contributed by atoms with Gasteiger partial charge in [-0.1, -0.05) is 11.6 Å². The van der Waals surface area contributed by atoms with Crippen LogP contribution in [0.1, 0.15) is 12.5 Å². The predicted molar refractivity (Wildman–Crippen MR) is 75.4 cm³/mol. The zero-order valence-electron chi connectivity index (χ0n) is 11.4. The molecule has 1 aliphatic heterocycles. The summed E-state index contributed by atoms with van der Waals surface area (Å²) in [5.74, 6) is -1.09. The monoisotopic (exact) mass is 300 g/mol. The zero-order chi connectivity index (χ0) is 14.7. The Bertz CT molecular complexity index is 490. The number of benzene rings is 1. The standard InChI is InChI=1S/C14H18ClFN2O2/c1-10(14(19)20)18-6-4-17(5-7-18)9-11-8-12(16)2-3-13(11)15/h2-3,8,10H,4-7,9H2,1H3,(H,19,20). The second-order valence-corrected chi connectivity index (χ2v) is 5.47. The molecule has 0 saturated carbocycles. The van der Waals surface area contributed by atoms with Gasteiger partial charge in [-0.15, -0.1) is 0 Å². The van der Waals surface area contributed by atoms with Crippen molar-refractivity contribution in [2.75, 3.05) is 26.2 Å². The maximum absolute atomic E-state index is 13.2. The Morgan fingerprint density at radius 1 is 1.40 bits per heavy atom. The van der Waals surface area contributed by atoms with Gasteiger partial charge in [0, 0.05) is 37.7 Å². The molecule has 1 heterocycles. The van der Waals surface area contributed by atoms with E-state index in [1.807, 2.05) is 4.90 Å². The fourth-order valence-corrected chi connectivity index (χ4v) is 2.55. The van der Waals surface area contributed by atoms with Gasteiger partial charge >= 0.3 is 5.97 Å². The Morgan fingerprint density at radius 2 is 2.05 bits per heavy atom. The van der Waals surface area contributed by atoms with Gasteiger partial charge in [-0.2, -0.15) is 0 Å². The second-order valence-electron chi connectivity index (χ2n) is 5.06. The maximum atomic E-state index is 13.2. The summed E-state index contributed by atoms with van der Waals surface area (Å²) < 4.78 is 13.2. The van der Waals surface area contributed by atoms with Crippen molar-refractivity contribution in [2.24, 2.45) is 0 Å². The third-order valence-electron chi connectivity index (χ3n) is 3.71. The average molecular weight is 301 g/mol. The van der Waals surface area contributed by atoms with Gasteiger partial charge in [-0.25, -0.2) is 4.39 Å². The van der Waals surface area contributed by atoms with E-state index in [2.05, 4.69) is 4.90 Å². The fraction of sp³-hybridized carbons (Fsp3) is 0.500. The summed E-state index contributed by atoms with van der Waals surface area (Å²) in [7, 11) is 0. The van der Waals surface area contributed by atoms with E-state index in [4.69, 9.17) is 16.7 Å². The predicted octanol–water partition coefficient (Wildman–Crippen LogP) is 2.07. The number of hydrogen-bond acceptors (Lipinski definition) is 3. The molecule has 1 aromatic carbocycles. The van der Waals surface area contributed by atoms with Crippen molar-refractivity contribution in [2.45, 2.75) is 19.5 Å². The molecule has 0 bridgehead atoms. The van der Waals surface area contributed by atoms with E-state index in [0.29, 0.717) is 24.7 Å². The molecule has 1 N–H and O–H groups in total. The molecule has 1 fully saturated rings. The second kappa shape index (κ2) is 6.52. The van der Waals surface area contributed by atoms with Gasteiger partial charge in [0.25, 0.3) is 0 Å². The van der Waals surface area contributed by atoms with Crippen LogP contribution in [0.3, 0.4) is 0 Å². The molecule has 1 unspecified atom stereocenters. The van der Waals surface area contributed by atoms with E-state index in [9.17, 15) is 9.18 Å². The van der Waals surface area contributed by atoms with Crippen LogP contribution >= 0.6 is 11.6 Å². The molecule has 1 atom stereocenters. The number of carbonyl (C=O) groups is 1. The number of rotatable bonds is 4. The molecule has 6 heteroatoms. The average Bonchev–Trinajstić information content (AvgIpc) is 2.43. The molecule has 0 aliphatic carbocycles. The van der Waals surface area contributed by atoms with Crippen LogP contribution in [0.25, 0.3) is 0 Å². The Kier molecular flexibility index (Phi) is 4.96. The summed E-state index contributed by atoms with van der Waals surface area (Å²) in [6.45, 7) is 5.18. The van der Waals surface area contributed by atoms with Gasteiger partial charge < -0.3 is 5.11 Å². The van der Waals surface area contributed by atoms with Gasteiger partial charge in [-0.05, 0) is 30.7 Å². The van der Waals surface area contributed by atoms with Crippen molar-refractivity contribution in [1.82, 2.24) is 9.80 Å². The molecule has 0 spiro atoms. The fourth-order valence-electron chi connectivity index (χ4n) is 2.37. The summed E-state index contributed by atoms with van der Waals surface area (Å²) in [4.78, 5) is 15.0. The van der Waals surface area contributed by atoms with E-state index < -0.39 is 12.0 Å². The largest absolute Gasteiger partial charge is 0.480 e. The van der Waals surface area contributed by atoms with Crippen molar-refractivity contribution < 1.29 is 14.3 Å². The Morgan fingerprint density at radius 3 is 2.65 bits per heavy atom. The first kappa shape index (κ1) is 15.2. The Labute approximate surface area is 122 Å². The summed E-state index contributed by atoms with van der Waals surface area (Å²) in [6.07, 6.45) is 0. The molecule has 1 aliphatic rings. The Hall–Kier alpha value is -1.17. The minimum atomic E-state index is -0.799. The minimum Gasteiger partial charge on any atom is -0.480 e. The third-order valence-corrected chi connectivity index (χ3v) is 4.08.